The van der Waals surface area contributed by atoms with E-state index in [1.54, 1.807) is 6.92 Å². The van der Waals surface area contributed by atoms with Crippen molar-refractivity contribution in [3.63, 3.8) is 0 Å². The van der Waals surface area contributed by atoms with E-state index < -0.39 is 6.04 Å². The molecule has 0 saturated carbocycles. The second-order valence-corrected chi connectivity index (χ2v) is 3.82. The number of amides is 1. The highest BCUT2D eigenvalue weighted by Gasteiger charge is 2.13. The molecule has 4 N–H and O–H groups in total. The van der Waals surface area contributed by atoms with Crippen molar-refractivity contribution in [2.24, 2.45) is 5.73 Å². The fourth-order valence-corrected chi connectivity index (χ4v) is 1.40. The third-order valence-corrected chi connectivity index (χ3v) is 2.43. The third kappa shape index (κ3) is 5.17. The van der Waals surface area contributed by atoms with E-state index in [2.05, 4.69) is 5.32 Å². The van der Waals surface area contributed by atoms with Crippen molar-refractivity contribution < 1.29 is 9.90 Å². The van der Waals surface area contributed by atoms with Crippen LogP contribution in [0.1, 0.15) is 18.4 Å². The van der Waals surface area contributed by atoms with Gasteiger partial charge >= 0.3 is 0 Å². The van der Waals surface area contributed by atoms with Crippen LogP contribution in [0.5, 0.6) is 0 Å². The summed E-state index contributed by atoms with van der Waals surface area (Å²) in [5.74, 6) is -0.279. The van der Waals surface area contributed by atoms with Crippen molar-refractivity contribution in [3.8, 4) is 0 Å². The van der Waals surface area contributed by atoms with Crippen LogP contribution in [0.25, 0.3) is 0 Å². The van der Waals surface area contributed by atoms with Crippen LogP contribution in [0.4, 0.5) is 0 Å². The van der Waals surface area contributed by atoms with Crippen LogP contribution in [-0.4, -0.2) is 30.2 Å². The average molecular weight is 259 g/mol. The molecule has 4 nitrogen and oxygen atoms in total. The standard InChI is InChI=1S/C12H18N2O2.ClH/c1-9(13)12(16)14-7-11(8-15)10-5-3-2-4-6-10;/h2-6,9,11,15H,7-8,13H2,1H3,(H,14,16);1H. The largest absolute Gasteiger partial charge is 0.396 e. The third-order valence-electron chi connectivity index (χ3n) is 2.43. The Bertz CT molecular complexity index is 331. The first kappa shape index (κ1) is 15.9. The molecule has 17 heavy (non-hydrogen) atoms. The van der Waals surface area contributed by atoms with Gasteiger partial charge in [0.2, 0.25) is 5.91 Å². The predicted octanol–water partition coefficient (Wildman–Crippen LogP) is 0.648. The van der Waals surface area contributed by atoms with Crippen LogP contribution in [0.3, 0.4) is 0 Å². The molecule has 5 heteroatoms. The number of carbonyl (C=O) groups is 1. The maximum absolute atomic E-state index is 11.3. The molecule has 2 unspecified atom stereocenters. The Balaban J connectivity index is 0.00000256. The first-order valence-electron chi connectivity index (χ1n) is 5.34. The van der Waals surface area contributed by atoms with Crippen molar-refractivity contribution in [2.75, 3.05) is 13.2 Å². The lowest BCUT2D eigenvalue weighted by Crippen LogP contribution is -2.40. The molecule has 0 spiro atoms. The number of nitrogens with one attached hydrogen (secondary N) is 1. The molecule has 1 amide bonds. The van der Waals surface area contributed by atoms with Gasteiger partial charge in [-0.1, -0.05) is 30.3 Å². The van der Waals surface area contributed by atoms with Crippen molar-refractivity contribution in [1.82, 2.24) is 5.32 Å². The summed E-state index contributed by atoms with van der Waals surface area (Å²) in [7, 11) is 0. The molecule has 0 aromatic heterocycles. The Morgan fingerprint density at radius 2 is 2.00 bits per heavy atom. The molecule has 0 aliphatic rings. The zero-order valence-electron chi connectivity index (χ0n) is 9.80. The zero-order chi connectivity index (χ0) is 12.0. The van der Waals surface area contributed by atoms with Gasteiger partial charge < -0.3 is 16.2 Å². The van der Waals surface area contributed by atoms with E-state index in [0.29, 0.717) is 6.54 Å². The molecular formula is C12H19ClN2O2. The van der Waals surface area contributed by atoms with Crippen molar-refractivity contribution in [3.05, 3.63) is 35.9 Å². The summed E-state index contributed by atoms with van der Waals surface area (Å²) in [5.41, 5.74) is 6.44. The smallest absolute Gasteiger partial charge is 0.236 e. The Morgan fingerprint density at radius 3 is 2.47 bits per heavy atom. The normalized spacial score (nSPS) is 13.4. The Kier molecular flexibility index (Phi) is 7.54. The second kappa shape index (κ2) is 8.06. The Hall–Kier alpha value is -1.10. The second-order valence-electron chi connectivity index (χ2n) is 3.82. The zero-order valence-corrected chi connectivity index (χ0v) is 10.6. The minimum Gasteiger partial charge on any atom is -0.396 e. The first-order valence-corrected chi connectivity index (χ1v) is 5.34. The van der Waals surface area contributed by atoms with E-state index >= 15 is 0 Å². The molecule has 0 fully saturated rings. The van der Waals surface area contributed by atoms with Crippen molar-refractivity contribution in [1.29, 1.82) is 0 Å². The summed E-state index contributed by atoms with van der Waals surface area (Å²) in [4.78, 5) is 11.3. The van der Waals surface area contributed by atoms with Gasteiger partial charge in [0.1, 0.15) is 0 Å². The van der Waals surface area contributed by atoms with Gasteiger partial charge in [-0.15, -0.1) is 12.4 Å². The van der Waals surface area contributed by atoms with Gasteiger partial charge in [0.05, 0.1) is 12.6 Å². The minimum absolute atomic E-state index is 0. The van der Waals surface area contributed by atoms with Crippen molar-refractivity contribution >= 4 is 18.3 Å². The fraction of sp³-hybridized carbons (Fsp3) is 0.417. The van der Waals surface area contributed by atoms with E-state index in [4.69, 9.17) is 5.73 Å². The van der Waals surface area contributed by atoms with Gasteiger partial charge in [-0.25, -0.2) is 0 Å². The highest BCUT2D eigenvalue weighted by Crippen LogP contribution is 2.13. The quantitative estimate of drug-likeness (QED) is 0.726. The van der Waals surface area contributed by atoms with Gasteiger partial charge in [-0.05, 0) is 12.5 Å². The molecular weight excluding hydrogens is 240 g/mol. The highest BCUT2D eigenvalue weighted by atomic mass is 35.5. The summed E-state index contributed by atoms with van der Waals surface area (Å²) >= 11 is 0. The molecule has 0 bridgehead atoms. The number of rotatable bonds is 5. The summed E-state index contributed by atoms with van der Waals surface area (Å²) in [5, 5.41) is 12.0. The monoisotopic (exact) mass is 258 g/mol. The lowest BCUT2D eigenvalue weighted by molar-refractivity contribution is -0.122. The molecule has 0 heterocycles. The number of nitrogens with two attached hydrogens (primary N) is 1. The number of hydrogen-bond donors (Lipinski definition) is 3. The Morgan fingerprint density at radius 1 is 1.41 bits per heavy atom. The van der Waals surface area contributed by atoms with Crippen LogP contribution >= 0.6 is 12.4 Å². The molecule has 2 atom stereocenters. The van der Waals surface area contributed by atoms with E-state index in [0.717, 1.165) is 5.56 Å². The van der Waals surface area contributed by atoms with Gasteiger partial charge in [0.25, 0.3) is 0 Å². The topological polar surface area (TPSA) is 75.4 Å². The number of halogens is 1. The predicted molar refractivity (Wildman–Crippen MR) is 70.2 cm³/mol. The lowest BCUT2D eigenvalue weighted by atomic mass is 10.00. The molecule has 1 rings (SSSR count). The van der Waals surface area contributed by atoms with Gasteiger partial charge in [0.15, 0.2) is 0 Å². The average Bonchev–Trinajstić information content (AvgIpc) is 2.30. The van der Waals surface area contributed by atoms with Gasteiger partial charge in [-0.2, -0.15) is 0 Å². The molecule has 0 aliphatic heterocycles. The van der Waals surface area contributed by atoms with E-state index in [-0.39, 0.29) is 30.8 Å². The van der Waals surface area contributed by atoms with Crippen LogP contribution in [0, 0.1) is 0 Å². The number of carbonyl (C=O) groups excluding carboxylic acids is 1. The number of aliphatic hydroxyl groups excluding tert-OH is 1. The Labute approximate surface area is 108 Å². The summed E-state index contributed by atoms with van der Waals surface area (Å²) < 4.78 is 0. The van der Waals surface area contributed by atoms with E-state index in [9.17, 15) is 9.90 Å². The first-order chi connectivity index (χ1) is 7.65. The van der Waals surface area contributed by atoms with E-state index in [1.807, 2.05) is 30.3 Å². The number of benzene rings is 1. The summed E-state index contributed by atoms with van der Waals surface area (Å²) in [6, 6.07) is 9.07. The van der Waals surface area contributed by atoms with Gasteiger partial charge in [0, 0.05) is 12.5 Å². The summed E-state index contributed by atoms with van der Waals surface area (Å²) in [6.07, 6.45) is 0. The van der Waals surface area contributed by atoms with Crippen LogP contribution in [0.2, 0.25) is 0 Å². The fourth-order valence-electron chi connectivity index (χ4n) is 1.40. The highest BCUT2D eigenvalue weighted by molar-refractivity contribution is 5.85. The SMILES string of the molecule is CC(N)C(=O)NCC(CO)c1ccccc1.Cl. The molecule has 0 aliphatic carbocycles. The lowest BCUT2D eigenvalue weighted by Gasteiger charge is -2.16. The number of hydrogen-bond acceptors (Lipinski definition) is 3. The van der Waals surface area contributed by atoms with Crippen LogP contribution < -0.4 is 11.1 Å². The maximum atomic E-state index is 11.3. The van der Waals surface area contributed by atoms with E-state index in [1.165, 1.54) is 0 Å². The summed E-state index contributed by atoms with van der Waals surface area (Å²) in [6.45, 7) is 2.04. The molecule has 1 aromatic carbocycles. The molecule has 0 saturated heterocycles. The van der Waals surface area contributed by atoms with Crippen LogP contribution in [0.15, 0.2) is 30.3 Å². The molecule has 1 aromatic rings. The van der Waals surface area contributed by atoms with Crippen molar-refractivity contribution in [2.45, 2.75) is 18.9 Å². The van der Waals surface area contributed by atoms with Gasteiger partial charge in [-0.3, -0.25) is 4.79 Å². The number of aliphatic hydroxyl groups is 1. The molecule has 0 radical (unpaired) electrons. The maximum Gasteiger partial charge on any atom is 0.236 e. The molecule has 96 valence electrons. The minimum atomic E-state index is -0.518. The van der Waals surface area contributed by atoms with Crippen LogP contribution in [-0.2, 0) is 4.79 Å².